The molecule has 3 aromatic rings. The van der Waals surface area contributed by atoms with Gasteiger partial charge in [-0.05, 0) is 37.1 Å². The van der Waals surface area contributed by atoms with Crippen LogP contribution in [-0.2, 0) is 26.2 Å². The molecule has 1 unspecified atom stereocenters. The van der Waals surface area contributed by atoms with E-state index in [9.17, 15) is 17.6 Å². The average molecular weight is 586 g/mol. The second-order valence-corrected chi connectivity index (χ2v) is 10.2. The molecule has 0 aliphatic heterocycles. The Hall–Kier alpha value is -3.57. The second kappa shape index (κ2) is 12.3. The number of aliphatic hydroxyl groups excluding tert-OH is 1. The molecule has 0 saturated heterocycles. The summed E-state index contributed by atoms with van der Waals surface area (Å²) >= 11 is 12.2. The third kappa shape index (κ3) is 7.26. The molecule has 3 rings (SSSR count). The number of benzene rings is 2. The quantitative estimate of drug-likeness (QED) is 0.267. The predicted molar refractivity (Wildman–Crippen MR) is 135 cm³/mol. The van der Waals surface area contributed by atoms with Gasteiger partial charge in [0, 0.05) is 23.6 Å². The molecule has 0 bridgehead atoms. The SMILES string of the molecule is CC(=O)OCc1cc(Cl)cc(S(=O)(=O)Nc2ccc(F)c(C#Cc3cnc(NC(C)CO)nn3)c2F)c1Cl. The topological polar surface area (TPSA) is 143 Å². The number of esters is 1. The molecule has 1 atom stereocenters. The van der Waals surface area contributed by atoms with Crippen LogP contribution in [0, 0.1) is 23.5 Å². The van der Waals surface area contributed by atoms with Crippen molar-refractivity contribution in [1.82, 2.24) is 15.2 Å². The Balaban J connectivity index is 1.90. The molecule has 200 valence electrons. The van der Waals surface area contributed by atoms with Gasteiger partial charge in [-0.3, -0.25) is 9.52 Å². The molecule has 1 heterocycles. The summed E-state index contributed by atoms with van der Waals surface area (Å²) in [6.45, 7) is 2.33. The van der Waals surface area contributed by atoms with Crippen LogP contribution in [0.4, 0.5) is 20.4 Å². The lowest BCUT2D eigenvalue weighted by atomic mass is 10.1. The van der Waals surface area contributed by atoms with E-state index in [4.69, 9.17) is 33.0 Å². The Morgan fingerprint density at radius 3 is 2.58 bits per heavy atom. The molecule has 1 aromatic heterocycles. The number of carbonyl (C=O) groups is 1. The van der Waals surface area contributed by atoms with Gasteiger partial charge in [-0.25, -0.2) is 22.2 Å². The van der Waals surface area contributed by atoms with Crippen LogP contribution in [0.15, 0.2) is 35.4 Å². The number of carbonyl (C=O) groups excluding carboxylic acids is 1. The van der Waals surface area contributed by atoms with E-state index < -0.39 is 43.8 Å². The van der Waals surface area contributed by atoms with Gasteiger partial charge < -0.3 is 15.2 Å². The lowest BCUT2D eigenvalue weighted by molar-refractivity contribution is -0.142. The van der Waals surface area contributed by atoms with Crippen LogP contribution in [0.1, 0.15) is 30.7 Å². The third-order valence-corrected chi connectivity index (χ3v) is 6.83. The molecule has 2 aromatic carbocycles. The number of halogens is 4. The summed E-state index contributed by atoms with van der Waals surface area (Å²) in [5.41, 5.74) is -1.28. The normalized spacial score (nSPS) is 11.8. The second-order valence-electron chi connectivity index (χ2n) is 7.69. The summed E-state index contributed by atoms with van der Waals surface area (Å²) in [5.74, 6) is 1.80. The minimum atomic E-state index is -4.54. The number of hydrogen-bond acceptors (Lipinski definition) is 9. The highest BCUT2D eigenvalue weighted by Crippen LogP contribution is 2.32. The zero-order chi connectivity index (χ0) is 28.0. The molecule has 0 fully saturated rings. The van der Waals surface area contributed by atoms with E-state index in [1.54, 1.807) is 6.92 Å². The van der Waals surface area contributed by atoms with Crippen molar-refractivity contribution in [1.29, 1.82) is 0 Å². The van der Waals surface area contributed by atoms with Crippen LogP contribution in [0.5, 0.6) is 0 Å². The Morgan fingerprint density at radius 1 is 1.21 bits per heavy atom. The maximum atomic E-state index is 15.1. The van der Waals surface area contributed by atoms with E-state index in [0.717, 1.165) is 25.1 Å². The number of rotatable bonds is 8. The van der Waals surface area contributed by atoms with E-state index in [1.165, 1.54) is 12.3 Å². The molecule has 0 amide bonds. The summed E-state index contributed by atoms with van der Waals surface area (Å²) in [6.07, 6.45) is 1.20. The predicted octanol–water partition coefficient (Wildman–Crippen LogP) is 3.51. The molecule has 0 radical (unpaired) electrons. The summed E-state index contributed by atoms with van der Waals surface area (Å²) in [7, 11) is -4.54. The summed E-state index contributed by atoms with van der Waals surface area (Å²) < 4.78 is 62.4. The summed E-state index contributed by atoms with van der Waals surface area (Å²) in [4.78, 5) is 14.5. The van der Waals surface area contributed by atoms with Crippen molar-refractivity contribution < 1.29 is 31.8 Å². The Kier molecular flexibility index (Phi) is 9.40. The minimum absolute atomic E-state index is 0.0250. The van der Waals surface area contributed by atoms with Crippen LogP contribution in [-0.4, -0.2) is 47.3 Å². The first-order valence-corrected chi connectivity index (χ1v) is 12.9. The van der Waals surface area contributed by atoms with Crippen LogP contribution in [0.25, 0.3) is 0 Å². The van der Waals surface area contributed by atoms with Crippen molar-refractivity contribution in [2.75, 3.05) is 16.6 Å². The fraction of sp³-hybridized carbons (Fsp3) is 0.217. The van der Waals surface area contributed by atoms with E-state index in [0.29, 0.717) is 0 Å². The molecule has 0 saturated carbocycles. The molecule has 10 nitrogen and oxygen atoms in total. The number of nitrogens with one attached hydrogen (secondary N) is 2. The number of aliphatic hydroxyl groups is 1. The van der Waals surface area contributed by atoms with E-state index >= 15 is 4.39 Å². The fourth-order valence-electron chi connectivity index (χ4n) is 2.84. The highest BCUT2D eigenvalue weighted by atomic mass is 35.5. The molecular weight excluding hydrogens is 567 g/mol. The van der Waals surface area contributed by atoms with E-state index in [2.05, 4.69) is 32.3 Å². The first-order valence-electron chi connectivity index (χ1n) is 10.6. The lowest BCUT2D eigenvalue weighted by Crippen LogP contribution is -2.21. The van der Waals surface area contributed by atoms with Crippen molar-refractivity contribution in [2.24, 2.45) is 0 Å². The van der Waals surface area contributed by atoms with Gasteiger partial charge in [-0.1, -0.05) is 29.1 Å². The maximum absolute atomic E-state index is 15.1. The molecule has 0 aliphatic carbocycles. The van der Waals surface area contributed by atoms with Gasteiger partial charge in [0.1, 0.15) is 17.3 Å². The number of ether oxygens (including phenoxy) is 1. The van der Waals surface area contributed by atoms with E-state index in [-0.39, 0.29) is 46.5 Å². The van der Waals surface area contributed by atoms with Gasteiger partial charge in [0.2, 0.25) is 5.95 Å². The smallest absolute Gasteiger partial charge is 0.302 e. The standard InChI is InChI=1S/C23H19Cl2F2N5O5S/c1-12(10-33)29-23-28-9-16(30-31-23)3-4-17-18(26)5-6-19(22(17)27)32-38(35,36)20-8-15(24)7-14(21(20)25)11-37-13(2)34/h5-9,12,32-33H,10-11H2,1-2H3,(H,28,29,31). The first-order chi connectivity index (χ1) is 17.9. The van der Waals surface area contributed by atoms with Crippen molar-refractivity contribution in [2.45, 2.75) is 31.4 Å². The molecule has 0 aliphatic rings. The largest absolute Gasteiger partial charge is 0.461 e. The molecule has 0 spiro atoms. The minimum Gasteiger partial charge on any atom is -0.461 e. The maximum Gasteiger partial charge on any atom is 0.302 e. The summed E-state index contributed by atoms with van der Waals surface area (Å²) in [6, 6.07) is 3.70. The zero-order valence-corrected chi connectivity index (χ0v) is 22.0. The molecule has 3 N–H and O–H groups in total. The van der Waals surface area contributed by atoms with Crippen molar-refractivity contribution in [3.8, 4) is 11.8 Å². The first kappa shape index (κ1) is 29.0. The number of aromatic nitrogens is 3. The highest BCUT2D eigenvalue weighted by Gasteiger charge is 2.24. The number of sulfonamides is 1. The van der Waals surface area contributed by atoms with Gasteiger partial charge in [-0.2, -0.15) is 0 Å². The van der Waals surface area contributed by atoms with Crippen molar-refractivity contribution in [3.05, 3.63) is 69.0 Å². The highest BCUT2D eigenvalue weighted by molar-refractivity contribution is 7.92. The monoisotopic (exact) mass is 585 g/mol. The van der Waals surface area contributed by atoms with Crippen LogP contribution in [0.2, 0.25) is 10.0 Å². The molecular formula is C23H19Cl2F2N5O5S. The molecule has 15 heteroatoms. The fourth-order valence-corrected chi connectivity index (χ4v) is 4.82. The van der Waals surface area contributed by atoms with Crippen LogP contribution in [0.3, 0.4) is 0 Å². The zero-order valence-electron chi connectivity index (χ0n) is 19.7. The van der Waals surface area contributed by atoms with Gasteiger partial charge in [0.05, 0.1) is 29.1 Å². The number of nitrogens with zero attached hydrogens (tertiary/aromatic N) is 3. The number of hydrogen-bond donors (Lipinski definition) is 3. The van der Waals surface area contributed by atoms with Gasteiger partial charge in [0.25, 0.3) is 10.0 Å². The Labute approximate surface area is 226 Å². The number of anilines is 2. The van der Waals surface area contributed by atoms with Crippen LogP contribution < -0.4 is 10.0 Å². The molecule has 38 heavy (non-hydrogen) atoms. The van der Waals surface area contributed by atoms with Gasteiger partial charge >= 0.3 is 5.97 Å². The van der Waals surface area contributed by atoms with E-state index in [1.807, 2.05) is 4.72 Å². The Bertz CT molecular complexity index is 1530. The van der Waals surface area contributed by atoms with Crippen molar-refractivity contribution >= 4 is 50.8 Å². The van der Waals surface area contributed by atoms with Crippen molar-refractivity contribution in [3.63, 3.8) is 0 Å². The van der Waals surface area contributed by atoms with Gasteiger partial charge in [-0.15, -0.1) is 10.2 Å². The lowest BCUT2D eigenvalue weighted by Gasteiger charge is -2.14. The van der Waals surface area contributed by atoms with Gasteiger partial charge in [0.15, 0.2) is 11.5 Å². The Morgan fingerprint density at radius 2 is 1.95 bits per heavy atom. The third-order valence-electron chi connectivity index (χ3n) is 4.66. The van der Waals surface area contributed by atoms with Crippen LogP contribution >= 0.6 is 23.2 Å². The summed E-state index contributed by atoms with van der Waals surface area (Å²) in [5, 5.41) is 19.0. The average Bonchev–Trinajstić information content (AvgIpc) is 2.86.